The molecule has 2 rings (SSSR count). The van der Waals surface area contributed by atoms with Crippen molar-refractivity contribution < 1.29 is 17.9 Å². The molecule has 6 heteroatoms. The Labute approximate surface area is 122 Å². The lowest BCUT2D eigenvalue weighted by atomic mass is 10.3. The van der Waals surface area contributed by atoms with Gasteiger partial charge in [0.2, 0.25) is 0 Å². The number of nitrogens with one attached hydrogen (secondary N) is 1. The van der Waals surface area contributed by atoms with Gasteiger partial charge in [-0.2, -0.15) is 8.78 Å². The van der Waals surface area contributed by atoms with Gasteiger partial charge >= 0.3 is 0 Å². The molecule has 3 nitrogen and oxygen atoms in total. The molecule has 0 atom stereocenters. The molecule has 0 radical (unpaired) electrons. The molecule has 1 saturated carbocycles. The van der Waals surface area contributed by atoms with E-state index in [-0.39, 0.29) is 5.75 Å². The minimum atomic E-state index is -2.35. The van der Waals surface area contributed by atoms with Crippen molar-refractivity contribution in [2.24, 2.45) is 0 Å². The molecule has 1 heterocycles. The molecule has 0 aliphatic heterocycles. The van der Waals surface area contributed by atoms with Crippen LogP contribution in [0, 0.1) is 0 Å². The minimum absolute atomic E-state index is 0.211. The molecule has 1 aliphatic rings. The number of ether oxygens (including phenoxy) is 1. The highest BCUT2D eigenvalue weighted by Crippen LogP contribution is 2.21. The second-order valence-electron chi connectivity index (χ2n) is 4.89. The monoisotopic (exact) mass is 305 g/mol. The number of furan rings is 1. The van der Waals surface area contributed by atoms with E-state index < -0.39 is 5.76 Å². The molecular formula is C14H21F2NO2S. The van der Waals surface area contributed by atoms with Crippen LogP contribution in [0.5, 0.6) is 0 Å². The molecular weight excluding hydrogens is 284 g/mol. The standard InChI is InChI=1S/C14H21F2NO2S/c15-14(16)20-10-13-6-5-12(19-13)9-17-7-8-18-11-3-1-2-4-11/h5-6,11,14,17H,1-4,7-10H2. The normalized spacial score (nSPS) is 16.4. The lowest BCUT2D eigenvalue weighted by Gasteiger charge is -2.10. The van der Waals surface area contributed by atoms with Crippen molar-refractivity contribution >= 4 is 11.8 Å². The Hall–Kier alpha value is -0.590. The van der Waals surface area contributed by atoms with Gasteiger partial charge in [-0.15, -0.1) is 0 Å². The third-order valence-electron chi connectivity index (χ3n) is 3.30. The fraction of sp³-hybridized carbons (Fsp3) is 0.714. The van der Waals surface area contributed by atoms with Crippen molar-refractivity contribution in [1.82, 2.24) is 5.32 Å². The Bertz CT molecular complexity index is 381. The molecule has 0 aromatic carbocycles. The van der Waals surface area contributed by atoms with Gasteiger partial charge in [0.15, 0.2) is 0 Å². The van der Waals surface area contributed by atoms with Gasteiger partial charge in [0.25, 0.3) is 5.76 Å². The summed E-state index contributed by atoms with van der Waals surface area (Å²) in [5, 5.41) is 3.23. The number of thioether (sulfide) groups is 1. The van der Waals surface area contributed by atoms with Crippen LogP contribution in [0.15, 0.2) is 16.5 Å². The van der Waals surface area contributed by atoms with E-state index >= 15 is 0 Å². The van der Waals surface area contributed by atoms with Gasteiger partial charge in [0.05, 0.1) is 25.0 Å². The summed E-state index contributed by atoms with van der Waals surface area (Å²) in [5.41, 5.74) is 0. The summed E-state index contributed by atoms with van der Waals surface area (Å²) in [6.45, 7) is 2.09. The van der Waals surface area contributed by atoms with Crippen molar-refractivity contribution in [3.05, 3.63) is 23.7 Å². The molecule has 1 aliphatic carbocycles. The fourth-order valence-corrected chi connectivity index (χ4v) is 2.75. The maximum absolute atomic E-state index is 12.0. The second kappa shape index (κ2) is 8.64. The van der Waals surface area contributed by atoms with E-state index in [2.05, 4.69) is 5.32 Å². The third kappa shape index (κ3) is 5.81. The number of rotatable bonds is 9. The summed E-state index contributed by atoms with van der Waals surface area (Å²) in [6, 6.07) is 3.58. The van der Waals surface area contributed by atoms with Crippen molar-refractivity contribution in [1.29, 1.82) is 0 Å². The highest BCUT2D eigenvalue weighted by molar-refractivity contribution is 7.98. The van der Waals surface area contributed by atoms with Gasteiger partial charge in [0.1, 0.15) is 11.5 Å². The van der Waals surface area contributed by atoms with Crippen LogP contribution in [0.25, 0.3) is 0 Å². The molecule has 20 heavy (non-hydrogen) atoms. The molecule has 1 aromatic rings. The molecule has 1 N–H and O–H groups in total. The summed E-state index contributed by atoms with van der Waals surface area (Å²) in [7, 11) is 0. The van der Waals surface area contributed by atoms with Crippen LogP contribution in [0.3, 0.4) is 0 Å². The first-order valence-corrected chi connectivity index (χ1v) is 8.08. The Morgan fingerprint density at radius 2 is 2.05 bits per heavy atom. The molecule has 1 fully saturated rings. The molecule has 0 spiro atoms. The zero-order valence-corrected chi connectivity index (χ0v) is 12.3. The van der Waals surface area contributed by atoms with Crippen LogP contribution in [0.1, 0.15) is 37.2 Å². The van der Waals surface area contributed by atoms with Crippen LogP contribution in [0.4, 0.5) is 8.78 Å². The van der Waals surface area contributed by atoms with Gasteiger partial charge < -0.3 is 14.5 Å². The Morgan fingerprint density at radius 3 is 2.80 bits per heavy atom. The number of hydrogen-bond donors (Lipinski definition) is 1. The van der Waals surface area contributed by atoms with Gasteiger partial charge in [-0.1, -0.05) is 24.6 Å². The smallest absolute Gasteiger partial charge is 0.284 e. The summed E-state index contributed by atoms with van der Waals surface area (Å²) < 4.78 is 35.3. The van der Waals surface area contributed by atoms with Crippen molar-refractivity contribution in [2.45, 2.75) is 49.8 Å². The lowest BCUT2D eigenvalue weighted by Crippen LogP contribution is -2.21. The molecule has 1 aromatic heterocycles. The van der Waals surface area contributed by atoms with Crippen LogP contribution < -0.4 is 5.32 Å². The minimum Gasteiger partial charge on any atom is -0.464 e. The average Bonchev–Trinajstić information content (AvgIpc) is 3.07. The van der Waals surface area contributed by atoms with Crippen molar-refractivity contribution in [3.8, 4) is 0 Å². The predicted molar refractivity (Wildman–Crippen MR) is 75.9 cm³/mol. The van der Waals surface area contributed by atoms with Crippen molar-refractivity contribution in [2.75, 3.05) is 13.2 Å². The van der Waals surface area contributed by atoms with Gasteiger partial charge in [0, 0.05) is 6.54 Å². The quantitative estimate of drug-likeness (QED) is 0.704. The van der Waals surface area contributed by atoms with E-state index in [1.165, 1.54) is 25.7 Å². The highest BCUT2D eigenvalue weighted by Gasteiger charge is 2.14. The van der Waals surface area contributed by atoms with E-state index in [4.69, 9.17) is 9.15 Å². The van der Waals surface area contributed by atoms with E-state index in [9.17, 15) is 8.78 Å². The zero-order valence-electron chi connectivity index (χ0n) is 11.4. The third-order valence-corrected chi connectivity index (χ3v) is 4.01. The zero-order chi connectivity index (χ0) is 14.2. The van der Waals surface area contributed by atoms with E-state index in [1.54, 1.807) is 6.07 Å². The topological polar surface area (TPSA) is 34.4 Å². The maximum Gasteiger partial charge on any atom is 0.284 e. The predicted octanol–water partition coefficient (Wildman–Crippen LogP) is 3.78. The van der Waals surface area contributed by atoms with Crippen LogP contribution in [-0.4, -0.2) is 25.0 Å². The molecule has 0 bridgehead atoms. The van der Waals surface area contributed by atoms with E-state index in [1.807, 2.05) is 6.07 Å². The molecule has 0 amide bonds. The van der Waals surface area contributed by atoms with Gasteiger partial charge in [-0.25, -0.2) is 0 Å². The first kappa shape index (κ1) is 15.8. The number of halogens is 2. The Kier molecular flexibility index (Phi) is 6.82. The van der Waals surface area contributed by atoms with Crippen LogP contribution in [0.2, 0.25) is 0 Å². The van der Waals surface area contributed by atoms with E-state index in [0.717, 1.165) is 12.3 Å². The molecule has 0 saturated heterocycles. The summed E-state index contributed by atoms with van der Waals surface area (Å²) in [6.07, 6.45) is 5.37. The first-order chi connectivity index (χ1) is 9.74. The highest BCUT2D eigenvalue weighted by atomic mass is 32.2. The Morgan fingerprint density at radius 1 is 1.30 bits per heavy atom. The summed E-state index contributed by atoms with van der Waals surface area (Å²) in [5.74, 6) is -0.776. The van der Waals surface area contributed by atoms with Gasteiger partial charge in [-0.05, 0) is 25.0 Å². The lowest BCUT2D eigenvalue weighted by molar-refractivity contribution is 0.0601. The largest absolute Gasteiger partial charge is 0.464 e. The fourth-order valence-electron chi connectivity index (χ4n) is 2.30. The molecule has 114 valence electrons. The number of alkyl halides is 2. The second-order valence-corrected chi connectivity index (χ2v) is 5.87. The van der Waals surface area contributed by atoms with Crippen LogP contribution in [-0.2, 0) is 17.0 Å². The maximum atomic E-state index is 12.0. The number of hydrogen-bond acceptors (Lipinski definition) is 4. The Balaban J connectivity index is 1.54. The first-order valence-electron chi connectivity index (χ1n) is 7.03. The average molecular weight is 305 g/mol. The van der Waals surface area contributed by atoms with E-state index in [0.29, 0.717) is 36.8 Å². The summed E-state index contributed by atoms with van der Waals surface area (Å²) in [4.78, 5) is 0. The molecule has 0 unspecified atom stereocenters. The van der Waals surface area contributed by atoms with Crippen molar-refractivity contribution in [3.63, 3.8) is 0 Å². The van der Waals surface area contributed by atoms with Gasteiger partial charge in [-0.3, -0.25) is 0 Å². The summed E-state index contributed by atoms with van der Waals surface area (Å²) >= 11 is 0.576. The van der Waals surface area contributed by atoms with Crippen LogP contribution >= 0.6 is 11.8 Å². The SMILES string of the molecule is FC(F)SCc1ccc(CNCCOC2CCCC2)o1.